The summed E-state index contributed by atoms with van der Waals surface area (Å²) in [6, 6.07) is 2.51. The van der Waals surface area contributed by atoms with Gasteiger partial charge >= 0.3 is 0 Å². The van der Waals surface area contributed by atoms with E-state index in [0.717, 1.165) is 25.7 Å². The number of aromatic nitrogens is 2. The Morgan fingerprint density at radius 3 is 2.19 bits per heavy atom. The Morgan fingerprint density at radius 1 is 1.19 bits per heavy atom. The summed E-state index contributed by atoms with van der Waals surface area (Å²) in [7, 11) is 1.99. The molecule has 0 aromatic carbocycles. The number of hydrogen-bond donors (Lipinski definition) is 1. The Balaban J connectivity index is 2.16. The van der Waals surface area contributed by atoms with Crippen LogP contribution in [0, 0.1) is 0 Å². The Labute approximate surface area is 166 Å². The Kier molecular flexibility index (Phi) is 7.92. The van der Waals surface area contributed by atoms with Gasteiger partial charge in [-0.2, -0.15) is 0 Å². The maximum atomic E-state index is 12.1. The third-order valence-electron chi connectivity index (χ3n) is 5.18. The number of carbonyl (C=O) groups is 1. The quantitative estimate of drug-likeness (QED) is 0.709. The fourth-order valence-electron chi connectivity index (χ4n) is 3.79. The number of likely N-dealkylation sites (tertiary alicyclic amines) is 1. The van der Waals surface area contributed by atoms with Crippen molar-refractivity contribution in [3.05, 3.63) is 16.4 Å². The molecule has 1 N–H and O–H groups in total. The second-order valence-electron chi connectivity index (χ2n) is 6.80. The molecule has 8 heteroatoms. The summed E-state index contributed by atoms with van der Waals surface area (Å²) in [6.45, 7) is 7.43. The lowest BCUT2D eigenvalue weighted by molar-refractivity contribution is -0.124. The molecule has 1 aromatic heterocycles. The summed E-state index contributed by atoms with van der Waals surface area (Å²) in [5.41, 5.74) is 0. The van der Waals surface area contributed by atoms with Crippen LogP contribution in [0.1, 0.15) is 46.5 Å². The zero-order chi connectivity index (χ0) is 19.3. The number of hydrogen-bond acceptors (Lipinski definition) is 5. The van der Waals surface area contributed by atoms with Gasteiger partial charge in [0.1, 0.15) is 10.3 Å². The highest BCUT2D eigenvalue weighted by Gasteiger charge is 2.37. The molecule has 1 amide bonds. The molecule has 1 aromatic rings. The summed E-state index contributed by atoms with van der Waals surface area (Å²) in [4.78, 5) is 25.2. The monoisotopic (exact) mass is 401 g/mol. The Morgan fingerprint density at radius 2 is 1.73 bits per heavy atom. The molecule has 0 spiro atoms. The van der Waals surface area contributed by atoms with Crippen LogP contribution in [-0.2, 0) is 4.79 Å². The lowest BCUT2D eigenvalue weighted by atomic mass is 9.88. The molecule has 1 aliphatic rings. The number of likely N-dealkylation sites (N-methyl/N-ethyl adjacent to an activating group) is 1. The topological polar surface area (TPSA) is 61.4 Å². The minimum Gasteiger partial charge on any atom is -0.355 e. The predicted molar refractivity (Wildman–Crippen MR) is 107 cm³/mol. The molecule has 0 radical (unpaired) electrons. The molecule has 0 aliphatic carbocycles. The highest BCUT2D eigenvalue weighted by molar-refractivity contribution is 6.33. The first-order valence-corrected chi connectivity index (χ1v) is 10.1. The summed E-state index contributed by atoms with van der Waals surface area (Å²) >= 11 is 12.1. The molecule has 1 fully saturated rings. The molecule has 26 heavy (non-hydrogen) atoms. The van der Waals surface area contributed by atoms with Gasteiger partial charge in [0, 0.05) is 37.8 Å². The van der Waals surface area contributed by atoms with Crippen LogP contribution in [0.2, 0.25) is 10.3 Å². The highest BCUT2D eigenvalue weighted by Crippen LogP contribution is 2.31. The van der Waals surface area contributed by atoms with E-state index >= 15 is 0 Å². The van der Waals surface area contributed by atoms with Crippen molar-refractivity contribution in [2.45, 2.75) is 64.6 Å². The van der Waals surface area contributed by atoms with Gasteiger partial charge in [0.05, 0.1) is 6.54 Å². The van der Waals surface area contributed by atoms with E-state index in [-0.39, 0.29) is 11.9 Å². The van der Waals surface area contributed by atoms with Crippen LogP contribution < -0.4 is 10.2 Å². The van der Waals surface area contributed by atoms with E-state index in [1.165, 1.54) is 0 Å². The third-order valence-corrected chi connectivity index (χ3v) is 5.57. The van der Waals surface area contributed by atoms with Crippen molar-refractivity contribution in [1.82, 2.24) is 20.2 Å². The minimum atomic E-state index is 0.0983. The van der Waals surface area contributed by atoms with Crippen LogP contribution in [0.3, 0.4) is 0 Å². The first-order chi connectivity index (χ1) is 12.4. The van der Waals surface area contributed by atoms with Crippen molar-refractivity contribution >= 4 is 35.1 Å². The fraction of sp³-hybridized carbons (Fsp3) is 0.722. The van der Waals surface area contributed by atoms with Gasteiger partial charge in [0.25, 0.3) is 0 Å². The maximum Gasteiger partial charge on any atom is 0.234 e. The van der Waals surface area contributed by atoms with E-state index < -0.39 is 0 Å². The summed E-state index contributed by atoms with van der Waals surface area (Å²) in [5, 5.41) is 3.61. The van der Waals surface area contributed by atoms with Crippen LogP contribution in [0.4, 0.5) is 5.95 Å². The molecular formula is C18H29Cl2N5O. The molecule has 2 rings (SSSR count). The van der Waals surface area contributed by atoms with Gasteiger partial charge in [-0.15, -0.1) is 0 Å². The minimum absolute atomic E-state index is 0.0983. The van der Waals surface area contributed by atoms with Gasteiger partial charge in [-0.1, -0.05) is 37.0 Å². The van der Waals surface area contributed by atoms with Crippen molar-refractivity contribution in [2.24, 2.45) is 0 Å². The van der Waals surface area contributed by atoms with E-state index in [0.29, 0.717) is 41.4 Å². The van der Waals surface area contributed by atoms with E-state index in [4.69, 9.17) is 23.2 Å². The number of rotatable bonds is 7. The number of anilines is 1. The predicted octanol–water partition coefficient (Wildman–Crippen LogP) is 3.38. The molecule has 1 aliphatic heterocycles. The van der Waals surface area contributed by atoms with E-state index in [1.54, 1.807) is 6.07 Å². The third kappa shape index (κ3) is 5.21. The number of nitrogens with one attached hydrogen (secondary N) is 1. The fourth-order valence-corrected chi connectivity index (χ4v) is 4.20. The summed E-state index contributed by atoms with van der Waals surface area (Å²) in [6.07, 6.45) is 3.90. The zero-order valence-corrected chi connectivity index (χ0v) is 17.5. The molecule has 2 heterocycles. The standard InChI is InChI=1S/C18H29Cl2N5O/c1-5-12-8-14(24(4)18-22-15(19)10-16(20)23-18)9-13(6-2)25(12)11-17(26)21-7-3/h10,12-14H,5-9,11H2,1-4H3,(H,21,26)/t12-,13+,14-. The first kappa shape index (κ1) is 21.2. The van der Waals surface area contributed by atoms with Crippen LogP contribution in [0.15, 0.2) is 6.07 Å². The van der Waals surface area contributed by atoms with Crippen molar-refractivity contribution in [3.8, 4) is 0 Å². The molecule has 146 valence electrons. The van der Waals surface area contributed by atoms with Crippen molar-refractivity contribution in [2.75, 3.05) is 25.0 Å². The second kappa shape index (κ2) is 9.72. The molecule has 0 bridgehead atoms. The second-order valence-corrected chi connectivity index (χ2v) is 7.57. The van der Waals surface area contributed by atoms with Crippen molar-refractivity contribution < 1.29 is 4.79 Å². The van der Waals surface area contributed by atoms with E-state index in [9.17, 15) is 4.79 Å². The number of amides is 1. The summed E-state index contributed by atoms with van der Waals surface area (Å²) in [5.74, 6) is 0.649. The molecule has 6 nitrogen and oxygen atoms in total. The molecule has 0 saturated carbocycles. The van der Waals surface area contributed by atoms with Gasteiger partial charge in [0.15, 0.2) is 0 Å². The van der Waals surface area contributed by atoms with Gasteiger partial charge in [-0.05, 0) is 32.6 Å². The van der Waals surface area contributed by atoms with Gasteiger partial charge in [-0.3, -0.25) is 9.69 Å². The van der Waals surface area contributed by atoms with Crippen LogP contribution >= 0.6 is 23.2 Å². The molecule has 3 atom stereocenters. The van der Waals surface area contributed by atoms with Crippen LogP contribution in [0.25, 0.3) is 0 Å². The lowest BCUT2D eigenvalue weighted by Crippen LogP contribution is -2.56. The van der Waals surface area contributed by atoms with Crippen LogP contribution in [-0.4, -0.2) is 59.0 Å². The first-order valence-electron chi connectivity index (χ1n) is 9.34. The largest absolute Gasteiger partial charge is 0.355 e. The lowest BCUT2D eigenvalue weighted by Gasteiger charge is -2.47. The average Bonchev–Trinajstić information content (AvgIpc) is 2.60. The van der Waals surface area contributed by atoms with Gasteiger partial charge < -0.3 is 10.2 Å². The van der Waals surface area contributed by atoms with E-state index in [1.807, 2.05) is 14.0 Å². The number of nitrogens with zero attached hydrogens (tertiary/aromatic N) is 4. The Bertz CT molecular complexity index is 581. The van der Waals surface area contributed by atoms with Crippen molar-refractivity contribution in [1.29, 1.82) is 0 Å². The van der Waals surface area contributed by atoms with Crippen LogP contribution in [0.5, 0.6) is 0 Å². The Hall–Kier alpha value is -1.11. The van der Waals surface area contributed by atoms with Gasteiger partial charge in [0.2, 0.25) is 11.9 Å². The maximum absolute atomic E-state index is 12.1. The van der Waals surface area contributed by atoms with Gasteiger partial charge in [-0.25, -0.2) is 9.97 Å². The number of piperidine rings is 1. The molecular weight excluding hydrogens is 373 g/mol. The summed E-state index contributed by atoms with van der Waals surface area (Å²) < 4.78 is 0. The van der Waals surface area contributed by atoms with Crippen molar-refractivity contribution in [3.63, 3.8) is 0 Å². The SMILES string of the molecule is CCNC(=O)CN1[C@H](CC)C[C@@H](N(C)c2nc(Cl)cc(Cl)n2)C[C@@H]1CC. The zero-order valence-electron chi connectivity index (χ0n) is 16.0. The average molecular weight is 402 g/mol. The molecule has 1 saturated heterocycles. The molecule has 0 unspecified atom stereocenters. The number of carbonyl (C=O) groups excluding carboxylic acids is 1. The van der Waals surface area contributed by atoms with E-state index in [2.05, 4.69) is 38.9 Å². The normalized spacial score (nSPS) is 23.7. The highest BCUT2D eigenvalue weighted by atomic mass is 35.5. The smallest absolute Gasteiger partial charge is 0.234 e. The number of halogens is 2.